The fourth-order valence-corrected chi connectivity index (χ4v) is 4.24. The molecule has 1 saturated heterocycles. The van der Waals surface area contributed by atoms with Gasteiger partial charge >= 0.3 is 0 Å². The van der Waals surface area contributed by atoms with Crippen LogP contribution in [0.1, 0.15) is 29.7 Å². The summed E-state index contributed by atoms with van der Waals surface area (Å²) in [5.74, 6) is -0.982. The van der Waals surface area contributed by atoms with Crippen LogP contribution in [0, 0.1) is 6.92 Å². The number of methoxy groups -OCH3 is 1. The number of hydrogen-bond acceptors (Lipinski definition) is 5. The second-order valence-electron chi connectivity index (χ2n) is 7.85. The van der Waals surface area contributed by atoms with Gasteiger partial charge in [0.05, 0.1) is 30.9 Å². The Morgan fingerprint density at radius 2 is 1.79 bits per heavy atom. The molecule has 7 heteroatoms. The van der Waals surface area contributed by atoms with Crippen molar-refractivity contribution >= 4 is 34.7 Å². The van der Waals surface area contributed by atoms with Crippen molar-refractivity contribution in [2.45, 2.75) is 19.9 Å². The molecule has 4 rings (SSSR count). The third-order valence-corrected chi connectivity index (χ3v) is 5.89. The average Bonchev–Trinajstić information content (AvgIpc) is 3.10. The van der Waals surface area contributed by atoms with Crippen molar-refractivity contribution in [2.75, 3.05) is 18.6 Å². The molecule has 1 aliphatic rings. The van der Waals surface area contributed by atoms with E-state index in [1.807, 2.05) is 26.0 Å². The van der Waals surface area contributed by atoms with Gasteiger partial charge in [0.15, 0.2) is 0 Å². The molecule has 0 aliphatic carbocycles. The highest BCUT2D eigenvalue weighted by Crippen LogP contribution is 2.44. The van der Waals surface area contributed by atoms with Crippen LogP contribution in [0.3, 0.4) is 0 Å². The van der Waals surface area contributed by atoms with Crippen molar-refractivity contribution < 1.29 is 24.2 Å². The van der Waals surface area contributed by atoms with Crippen LogP contribution < -0.4 is 14.4 Å². The molecule has 0 spiro atoms. The lowest BCUT2D eigenvalue weighted by Gasteiger charge is -2.26. The highest BCUT2D eigenvalue weighted by Gasteiger charge is 2.47. The number of halogens is 1. The monoisotopic (exact) mass is 477 g/mol. The molecule has 1 N–H and O–H groups in total. The van der Waals surface area contributed by atoms with E-state index < -0.39 is 17.7 Å². The van der Waals surface area contributed by atoms with Crippen molar-refractivity contribution in [1.82, 2.24) is 0 Å². The number of anilines is 1. The van der Waals surface area contributed by atoms with E-state index in [4.69, 9.17) is 21.1 Å². The van der Waals surface area contributed by atoms with E-state index in [2.05, 4.69) is 0 Å². The number of amides is 1. The molecule has 1 amide bonds. The molecule has 0 saturated carbocycles. The van der Waals surface area contributed by atoms with Crippen molar-refractivity contribution in [2.24, 2.45) is 0 Å². The van der Waals surface area contributed by atoms with Gasteiger partial charge in [-0.15, -0.1) is 0 Å². The number of Topliss-reactive ketones (excluding diaryl/α,β-unsaturated/α-hetero) is 1. The number of nitrogens with zero attached hydrogens (tertiary/aromatic N) is 1. The van der Waals surface area contributed by atoms with E-state index in [9.17, 15) is 14.7 Å². The fraction of sp³-hybridized carbons (Fsp3) is 0.185. The highest BCUT2D eigenvalue weighted by molar-refractivity contribution is 6.51. The van der Waals surface area contributed by atoms with Crippen molar-refractivity contribution in [3.63, 3.8) is 0 Å². The Morgan fingerprint density at radius 3 is 2.47 bits per heavy atom. The lowest BCUT2D eigenvalue weighted by molar-refractivity contribution is -0.132. The van der Waals surface area contributed by atoms with Crippen molar-refractivity contribution in [3.05, 3.63) is 94.0 Å². The third-order valence-electron chi connectivity index (χ3n) is 5.66. The van der Waals surface area contributed by atoms with Gasteiger partial charge in [0, 0.05) is 10.7 Å². The summed E-state index contributed by atoms with van der Waals surface area (Å²) in [7, 11) is 1.45. The minimum atomic E-state index is -0.883. The Kier molecular flexibility index (Phi) is 6.61. The summed E-state index contributed by atoms with van der Waals surface area (Å²) in [6.07, 6.45) is 0. The van der Waals surface area contributed by atoms with E-state index in [-0.39, 0.29) is 16.9 Å². The molecule has 6 nitrogen and oxygen atoms in total. The topological polar surface area (TPSA) is 76.1 Å². The number of ether oxygens (including phenoxy) is 2. The average molecular weight is 478 g/mol. The number of benzene rings is 3. The van der Waals surface area contributed by atoms with Crippen LogP contribution in [-0.2, 0) is 9.59 Å². The SMILES string of the molecule is CCOc1cccc(C2/C(=C(\O)c3cc(Cl)ccc3OC)C(=O)C(=O)N2c2ccc(C)cc2)c1. The standard InChI is InChI=1S/C27H24ClNO5/c1-4-34-20-7-5-6-17(14-20)24-23(25(30)21-15-18(28)10-13-22(21)33-3)26(31)27(32)29(24)19-11-8-16(2)9-12-19/h5-15,24,30H,4H2,1-3H3/b25-23+. The van der Waals surface area contributed by atoms with Crippen LogP contribution in [0.5, 0.6) is 11.5 Å². The van der Waals surface area contributed by atoms with Gasteiger partial charge < -0.3 is 14.6 Å². The maximum Gasteiger partial charge on any atom is 0.300 e. The number of carbonyl (C=O) groups excluding carboxylic acids is 2. The Balaban J connectivity index is 1.98. The summed E-state index contributed by atoms with van der Waals surface area (Å²) >= 11 is 6.17. The second kappa shape index (κ2) is 9.61. The number of ketones is 1. The zero-order chi connectivity index (χ0) is 24.4. The molecule has 1 fully saturated rings. The second-order valence-corrected chi connectivity index (χ2v) is 8.29. The van der Waals surface area contributed by atoms with Gasteiger partial charge in [0.1, 0.15) is 17.3 Å². The summed E-state index contributed by atoms with van der Waals surface area (Å²) in [5, 5.41) is 11.7. The molecule has 34 heavy (non-hydrogen) atoms. The molecule has 1 atom stereocenters. The predicted octanol–water partition coefficient (Wildman–Crippen LogP) is 5.68. The van der Waals surface area contributed by atoms with Gasteiger partial charge in [0.25, 0.3) is 11.7 Å². The van der Waals surface area contributed by atoms with Gasteiger partial charge in [-0.25, -0.2) is 0 Å². The van der Waals surface area contributed by atoms with Gasteiger partial charge in [-0.2, -0.15) is 0 Å². The van der Waals surface area contributed by atoms with Crippen LogP contribution in [0.4, 0.5) is 5.69 Å². The minimum absolute atomic E-state index is 0.0557. The maximum absolute atomic E-state index is 13.3. The molecule has 0 bridgehead atoms. The van der Waals surface area contributed by atoms with Gasteiger partial charge in [-0.3, -0.25) is 14.5 Å². The molecule has 1 heterocycles. The molecule has 3 aromatic rings. The molecule has 1 unspecified atom stereocenters. The predicted molar refractivity (Wildman–Crippen MR) is 132 cm³/mol. The van der Waals surface area contributed by atoms with E-state index in [1.165, 1.54) is 18.1 Å². The zero-order valence-electron chi connectivity index (χ0n) is 19.0. The lowest BCUT2D eigenvalue weighted by Crippen LogP contribution is -2.29. The smallest absolute Gasteiger partial charge is 0.300 e. The normalized spacial score (nSPS) is 17.2. The summed E-state index contributed by atoms with van der Waals surface area (Å²) in [6, 6.07) is 18.3. The third kappa shape index (κ3) is 4.24. The first-order chi connectivity index (χ1) is 16.3. The molecule has 174 valence electrons. The van der Waals surface area contributed by atoms with Gasteiger partial charge in [-0.05, 0) is 61.9 Å². The lowest BCUT2D eigenvalue weighted by atomic mass is 9.94. The van der Waals surface area contributed by atoms with E-state index >= 15 is 0 Å². The number of rotatable bonds is 6. The molecule has 1 aliphatic heterocycles. The van der Waals surface area contributed by atoms with Gasteiger partial charge in [0.2, 0.25) is 0 Å². The summed E-state index contributed by atoms with van der Waals surface area (Å²) < 4.78 is 11.0. The Hall–Kier alpha value is -3.77. The summed E-state index contributed by atoms with van der Waals surface area (Å²) in [6.45, 7) is 4.27. The molecule has 3 aromatic carbocycles. The first-order valence-electron chi connectivity index (χ1n) is 10.8. The molecular formula is C27H24ClNO5. The molecule has 0 aromatic heterocycles. The van der Waals surface area contributed by atoms with Gasteiger partial charge in [-0.1, -0.05) is 41.4 Å². The molecule has 0 radical (unpaired) electrons. The van der Waals surface area contributed by atoms with Crippen LogP contribution >= 0.6 is 11.6 Å². The Bertz CT molecular complexity index is 1280. The Morgan fingerprint density at radius 1 is 1.06 bits per heavy atom. The van der Waals surface area contributed by atoms with Crippen molar-refractivity contribution in [1.29, 1.82) is 0 Å². The minimum Gasteiger partial charge on any atom is -0.507 e. The quantitative estimate of drug-likeness (QED) is 0.281. The number of hydrogen-bond donors (Lipinski definition) is 1. The first-order valence-corrected chi connectivity index (χ1v) is 11.2. The summed E-state index contributed by atoms with van der Waals surface area (Å²) in [4.78, 5) is 28.0. The van der Waals surface area contributed by atoms with Crippen LogP contribution in [0.25, 0.3) is 5.76 Å². The number of aliphatic hydroxyl groups is 1. The fourth-order valence-electron chi connectivity index (χ4n) is 4.07. The van der Waals surface area contributed by atoms with Crippen LogP contribution in [0.2, 0.25) is 5.02 Å². The van der Waals surface area contributed by atoms with Crippen LogP contribution in [0.15, 0.2) is 72.3 Å². The van der Waals surface area contributed by atoms with E-state index in [0.717, 1.165) is 5.56 Å². The van der Waals surface area contributed by atoms with E-state index in [0.29, 0.717) is 34.4 Å². The van der Waals surface area contributed by atoms with Crippen molar-refractivity contribution in [3.8, 4) is 11.5 Å². The highest BCUT2D eigenvalue weighted by atomic mass is 35.5. The summed E-state index contributed by atoms with van der Waals surface area (Å²) in [5.41, 5.74) is 2.34. The van der Waals surface area contributed by atoms with E-state index in [1.54, 1.807) is 48.5 Å². The molecular weight excluding hydrogens is 454 g/mol. The maximum atomic E-state index is 13.3. The number of carbonyl (C=O) groups is 2. The number of aryl methyl sites for hydroxylation is 1. The largest absolute Gasteiger partial charge is 0.507 e. The zero-order valence-corrected chi connectivity index (χ0v) is 19.8. The number of aliphatic hydroxyl groups excluding tert-OH is 1. The Labute approximate surface area is 203 Å². The first kappa shape index (κ1) is 23.4. The van der Waals surface area contributed by atoms with Crippen LogP contribution in [-0.4, -0.2) is 30.5 Å².